The van der Waals surface area contributed by atoms with Crippen molar-refractivity contribution in [2.24, 2.45) is 0 Å². The molecular weight excluding hydrogens is 342 g/mol. The van der Waals surface area contributed by atoms with Crippen LogP contribution in [0.1, 0.15) is 17.2 Å². The van der Waals surface area contributed by atoms with E-state index in [1.54, 1.807) is 23.7 Å². The summed E-state index contributed by atoms with van der Waals surface area (Å²) < 4.78 is 2.04. The minimum Gasteiger partial charge on any atom is -0.386 e. The van der Waals surface area contributed by atoms with Crippen LogP contribution in [0.2, 0.25) is 0 Å². The van der Waals surface area contributed by atoms with Gasteiger partial charge in [-0.1, -0.05) is 36.4 Å². The molecule has 0 fully saturated rings. The number of nitrogens with zero attached hydrogens (tertiary/aromatic N) is 3. The standard InChI is InChI=1S/C21H19N3OS/c1-15-9-11-26-21(15)20-19(16-6-3-2-4-7-16)23-14-24(20)13-18(25)17-8-5-10-22-12-17/h2-12,14,18,25H,13H2,1H3/t18-/m1/s1. The van der Waals surface area contributed by atoms with E-state index in [2.05, 4.69) is 40.5 Å². The Bertz CT molecular complexity index is 993. The minimum absolute atomic E-state index is 0.429. The summed E-state index contributed by atoms with van der Waals surface area (Å²) in [6.07, 6.45) is 4.59. The second-order valence-corrected chi connectivity index (χ2v) is 7.11. The summed E-state index contributed by atoms with van der Waals surface area (Å²) in [5.74, 6) is 0. The number of hydrogen-bond acceptors (Lipinski definition) is 4. The number of imidazole rings is 1. The molecule has 3 aromatic heterocycles. The number of rotatable bonds is 5. The van der Waals surface area contributed by atoms with Crippen LogP contribution in [0.5, 0.6) is 0 Å². The summed E-state index contributed by atoms with van der Waals surface area (Å²) in [6, 6.07) is 16.0. The number of hydrogen-bond donors (Lipinski definition) is 1. The number of benzene rings is 1. The molecule has 0 unspecified atom stereocenters. The monoisotopic (exact) mass is 361 g/mol. The highest BCUT2D eigenvalue weighted by atomic mass is 32.1. The van der Waals surface area contributed by atoms with Crippen LogP contribution >= 0.6 is 11.3 Å². The Morgan fingerprint density at radius 1 is 1.12 bits per heavy atom. The molecule has 4 aromatic rings. The Hall–Kier alpha value is -2.76. The van der Waals surface area contributed by atoms with Gasteiger partial charge in [0.05, 0.1) is 35.2 Å². The molecule has 1 aromatic carbocycles. The number of pyridine rings is 1. The van der Waals surface area contributed by atoms with Gasteiger partial charge >= 0.3 is 0 Å². The number of aromatic nitrogens is 3. The zero-order valence-electron chi connectivity index (χ0n) is 14.4. The van der Waals surface area contributed by atoms with E-state index >= 15 is 0 Å². The van der Waals surface area contributed by atoms with Gasteiger partial charge < -0.3 is 9.67 Å². The van der Waals surface area contributed by atoms with E-state index in [1.807, 2.05) is 41.2 Å². The second-order valence-electron chi connectivity index (χ2n) is 6.20. The Morgan fingerprint density at radius 2 is 1.96 bits per heavy atom. The molecular formula is C21H19N3OS. The lowest BCUT2D eigenvalue weighted by Gasteiger charge is -2.15. The number of aryl methyl sites for hydroxylation is 1. The maximum absolute atomic E-state index is 10.7. The van der Waals surface area contributed by atoms with Gasteiger partial charge in [-0.15, -0.1) is 11.3 Å². The van der Waals surface area contributed by atoms with Crippen molar-refractivity contribution in [3.05, 3.63) is 83.8 Å². The third-order valence-electron chi connectivity index (χ3n) is 4.40. The number of aliphatic hydroxyl groups is 1. The van der Waals surface area contributed by atoms with Gasteiger partial charge in [0.25, 0.3) is 0 Å². The van der Waals surface area contributed by atoms with Gasteiger partial charge in [-0.25, -0.2) is 4.98 Å². The van der Waals surface area contributed by atoms with E-state index in [9.17, 15) is 5.11 Å². The molecule has 0 aliphatic rings. The van der Waals surface area contributed by atoms with Gasteiger partial charge in [-0.3, -0.25) is 4.98 Å². The topological polar surface area (TPSA) is 50.9 Å². The normalized spacial score (nSPS) is 12.2. The zero-order chi connectivity index (χ0) is 17.9. The number of aliphatic hydroxyl groups excluding tert-OH is 1. The first-order chi connectivity index (χ1) is 12.7. The Morgan fingerprint density at radius 3 is 2.65 bits per heavy atom. The molecule has 0 spiro atoms. The van der Waals surface area contributed by atoms with Crippen molar-refractivity contribution < 1.29 is 5.11 Å². The van der Waals surface area contributed by atoms with Gasteiger partial charge in [-0.2, -0.15) is 0 Å². The van der Waals surface area contributed by atoms with Crippen molar-refractivity contribution in [3.63, 3.8) is 0 Å². The molecule has 1 atom stereocenters. The van der Waals surface area contributed by atoms with Crippen molar-refractivity contribution in [1.29, 1.82) is 0 Å². The maximum Gasteiger partial charge on any atom is 0.0984 e. The molecule has 130 valence electrons. The predicted molar refractivity (Wildman–Crippen MR) is 105 cm³/mol. The van der Waals surface area contributed by atoms with Crippen LogP contribution in [-0.4, -0.2) is 19.6 Å². The molecule has 26 heavy (non-hydrogen) atoms. The third kappa shape index (κ3) is 3.19. The molecule has 1 N–H and O–H groups in total. The van der Waals surface area contributed by atoms with Gasteiger partial charge in [-0.05, 0) is 30.0 Å². The first-order valence-corrected chi connectivity index (χ1v) is 9.35. The van der Waals surface area contributed by atoms with Crippen LogP contribution in [0.15, 0.2) is 72.6 Å². The Labute approximate surface area is 156 Å². The fourth-order valence-corrected chi connectivity index (χ4v) is 4.03. The second kappa shape index (κ2) is 7.23. The van der Waals surface area contributed by atoms with Crippen molar-refractivity contribution >= 4 is 11.3 Å². The molecule has 4 rings (SSSR count). The van der Waals surface area contributed by atoms with Gasteiger partial charge in [0.1, 0.15) is 0 Å². The summed E-state index contributed by atoms with van der Waals surface area (Å²) in [5.41, 5.74) is 5.08. The molecule has 4 nitrogen and oxygen atoms in total. The highest BCUT2D eigenvalue weighted by molar-refractivity contribution is 7.13. The average molecular weight is 361 g/mol. The van der Waals surface area contributed by atoms with Crippen molar-refractivity contribution in [2.75, 3.05) is 0 Å². The first kappa shape index (κ1) is 16.7. The summed E-state index contributed by atoms with van der Waals surface area (Å²) >= 11 is 1.70. The van der Waals surface area contributed by atoms with Gasteiger partial charge in [0.15, 0.2) is 0 Å². The summed E-state index contributed by atoms with van der Waals surface area (Å²) in [4.78, 5) is 9.96. The largest absolute Gasteiger partial charge is 0.386 e. The smallest absolute Gasteiger partial charge is 0.0984 e. The lowest BCUT2D eigenvalue weighted by atomic mass is 10.1. The fraction of sp³-hybridized carbons (Fsp3) is 0.143. The molecule has 0 saturated heterocycles. The van der Waals surface area contributed by atoms with Crippen molar-refractivity contribution in [1.82, 2.24) is 14.5 Å². The molecule has 0 bridgehead atoms. The van der Waals surface area contributed by atoms with Gasteiger partial charge in [0, 0.05) is 23.5 Å². The lowest BCUT2D eigenvalue weighted by Crippen LogP contribution is -2.09. The van der Waals surface area contributed by atoms with Crippen molar-refractivity contribution in [2.45, 2.75) is 19.6 Å². The fourth-order valence-electron chi connectivity index (χ4n) is 3.05. The summed E-state index contributed by atoms with van der Waals surface area (Å²) in [7, 11) is 0. The van der Waals surface area contributed by atoms with E-state index in [-0.39, 0.29) is 0 Å². The molecule has 0 aliphatic carbocycles. The van der Waals surface area contributed by atoms with E-state index in [1.165, 1.54) is 10.4 Å². The Kier molecular flexibility index (Phi) is 4.65. The molecule has 5 heteroatoms. The van der Waals surface area contributed by atoms with Crippen LogP contribution in [-0.2, 0) is 6.54 Å². The average Bonchev–Trinajstić information content (AvgIpc) is 3.28. The molecule has 0 amide bonds. The number of thiophene rings is 1. The third-order valence-corrected chi connectivity index (χ3v) is 5.42. The minimum atomic E-state index is -0.638. The summed E-state index contributed by atoms with van der Waals surface area (Å²) in [6.45, 7) is 2.54. The zero-order valence-corrected chi connectivity index (χ0v) is 15.2. The van der Waals surface area contributed by atoms with E-state index in [4.69, 9.17) is 0 Å². The van der Waals surface area contributed by atoms with Crippen LogP contribution in [0.4, 0.5) is 0 Å². The van der Waals surface area contributed by atoms with E-state index < -0.39 is 6.10 Å². The highest BCUT2D eigenvalue weighted by Gasteiger charge is 2.20. The Balaban J connectivity index is 1.78. The first-order valence-electron chi connectivity index (χ1n) is 8.47. The van der Waals surface area contributed by atoms with E-state index in [0.717, 1.165) is 22.5 Å². The van der Waals surface area contributed by atoms with Gasteiger partial charge in [0.2, 0.25) is 0 Å². The van der Waals surface area contributed by atoms with Crippen molar-refractivity contribution in [3.8, 4) is 21.8 Å². The van der Waals surface area contributed by atoms with Crippen LogP contribution in [0.25, 0.3) is 21.8 Å². The molecule has 0 radical (unpaired) electrons. The SMILES string of the molecule is Cc1ccsc1-c1c(-c2ccccc2)ncn1C[C@@H](O)c1cccnc1. The molecule has 3 heterocycles. The van der Waals surface area contributed by atoms with Crippen LogP contribution in [0, 0.1) is 6.92 Å². The van der Waals surface area contributed by atoms with Crippen LogP contribution < -0.4 is 0 Å². The maximum atomic E-state index is 10.7. The quantitative estimate of drug-likeness (QED) is 0.560. The predicted octanol–water partition coefficient (Wildman–Crippen LogP) is 4.72. The summed E-state index contributed by atoms with van der Waals surface area (Å²) in [5, 5.41) is 12.8. The van der Waals surface area contributed by atoms with E-state index in [0.29, 0.717) is 6.54 Å². The van der Waals surface area contributed by atoms with Crippen LogP contribution in [0.3, 0.4) is 0 Å². The molecule has 0 saturated carbocycles. The molecule has 0 aliphatic heterocycles. The highest BCUT2D eigenvalue weighted by Crippen LogP contribution is 2.37. The lowest BCUT2D eigenvalue weighted by molar-refractivity contribution is 0.156.